The van der Waals surface area contributed by atoms with Crippen molar-refractivity contribution in [3.05, 3.63) is 150 Å². The van der Waals surface area contributed by atoms with Crippen molar-refractivity contribution in [2.75, 3.05) is 10.1 Å². The van der Waals surface area contributed by atoms with E-state index in [9.17, 15) is 0 Å². The van der Waals surface area contributed by atoms with Crippen LogP contribution in [-0.4, -0.2) is 15.1 Å². The fourth-order valence-corrected chi connectivity index (χ4v) is 8.02. The molecule has 0 amide bonds. The molecule has 8 rings (SSSR count). The fourth-order valence-electron chi connectivity index (χ4n) is 8.02. The summed E-state index contributed by atoms with van der Waals surface area (Å²) in [5.74, 6) is 1.73. The molecule has 2 aromatic heterocycles. The molecule has 0 aliphatic carbocycles. The maximum absolute atomic E-state index is 6.55. The van der Waals surface area contributed by atoms with E-state index in [1.165, 1.54) is 44.2 Å². The Hall–Kier alpha value is -5.39. The molecule has 0 radical (unpaired) electrons. The molecule has 5 aromatic carbocycles. The average molecular weight is 699 g/mol. The second-order valence-electron chi connectivity index (χ2n) is 16.6. The second kappa shape index (κ2) is 12.9. The van der Waals surface area contributed by atoms with Crippen LogP contribution in [0.3, 0.4) is 0 Å². The van der Waals surface area contributed by atoms with Crippen LogP contribution < -0.4 is 10.1 Å². The van der Waals surface area contributed by atoms with Crippen molar-refractivity contribution in [3.63, 3.8) is 0 Å². The third kappa shape index (κ3) is 5.88. The lowest BCUT2D eigenvalue weighted by Crippen LogP contribution is -2.41. The molecule has 0 saturated carbocycles. The summed E-state index contributed by atoms with van der Waals surface area (Å²) in [6.07, 6.45) is 1.98. The lowest BCUT2D eigenvalue weighted by Gasteiger charge is -2.32. The van der Waals surface area contributed by atoms with Crippen LogP contribution in [0.15, 0.2) is 128 Å². The lowest BCUT2D eigenvalue weighted by atomic mass is 9.77. The minimum Gasteiger partial charge on any atom is -0.294 e. The number of hydrogen-bond donors (Lipinski definition) is 0. The van der Waals surface area contributed by atoms with E-state index in [-0.39, 0.29) is 11.0 Å². The Morgan fingerprint density at radius 2 is 1.23 bits per heavy atom. The predicted octanol–water partition coefficient (Wildman–Crippen LogP) is 13.0. The maximum Gasteiger partial charge on any atom is 0.138 e. The van der Waals surface area contributed by atoms with Gasteiger partial charge in [-0.2, -0.15) is 5.06 Å². The van der Waals surface area contributed by atoms with Gasteiger partial charge in [0.05, 0.1) is 33.6 Å². The topological polar surface area (TPSA) is 33.5 Å². The van der Waals surface area contributed by atoms with Gasteiger partial charge in [-0.25, -0.2) is 10.0 Å². The number of hydrogen-bond acceptors (Lipinski definition) is 4. The first kappa shape index (κ1) is 34.7. The SMILES string of the molecule is CC(C)c1cccc(C(C)C)c1-c1ccnc(-n2c3ccccc3c3ccc(C(C)(C)c4cccc(N5ON(C(C)(C)C)c6ccccc65)c4)cc32)c1. The van der Waals surface area contributed by atoms with Crippen LogP contribution in [0.25, 0.3) is 38.8 Å². The van der Waals surface area contributed by atoms with Crippen LogP contribution in [0.1, 0.15) is 96.4 Å². The molecule has 1 aliphatic heterocycles. The van der Waals surface area contributed by atoms with Gasteiger partial charge in [0.2, 0.25) is 0 Å². The number of nitrogens with zero attached hydrogens (tertiary/aromatic N) is 4. The Kier molecular flexibility index (Phi) is 8.46. The van der Waals surface area contributed by atoms with E-state index in [1.807, 2.05) is 16.3 Å². The smallest absolute Gasteiger partial charge is 0.138 e. The largest absolute Gasteiger partial charge is 0.294 e. The summed E-state index contributed by atoms with van der Waals surface area (Å²) in [6.45, 7) is 20.3. The Morgan fingerprint density at radius 3 is 1.94 bits per heavy atom. The quantitative estimate of drug-likeness (QED) is 0.166. The van der Waals surface area contributed by atoms with Crippen molar-refractivity contribution >= 4 is 38.9 Å². The van der Waals surface area contributed by atoms with Crippen molar-refractivity contribution in [2.24, 2.45) is 0 Å². The molecule has 0 saturated heterocycles. The molecule has 0 atom stereocenters. The number of rotatable bonds is 7. The number of pyridine rings is 1. The summed E-state index contributed by atoms with van der Waals surface area (Å²) in [5.41, 5.74) is 12.6. The highest BCUT2D eigenvalue weighted by Crippen LogP contribution is 2.46. The maximum atomic E-state index is 6.55. The van der Waals surface area contributed by atoms with E-state index in [0.717, 1.165) is 33.9 Å². The van der Waals surface area contributed by atoms with Gasteiger partial charge in [-0.15, -0.1) is 4.94 Å². The number of anilines is 3. The summed E-state index contributed by atoms with van der Waals surface area (Å²) in [4.78, 5) is 11.6. The standard InChI is InChI=1S/C48H50N4O/c1-31(2)37-19-15-20-38(32(3)4)46(37)33-26-27-49-45(28-33)50-41-21-11-10-18-39(41)40-25-24-35(30-44(40)50)48(8,9)34-16-14-17-36(29-34)51-42-22-12-13-23-43(42)52(53-51)47(5,6)7/h10-32H,1-9H3. The van der Waals surface area contributed by atoms with Crippen LogP contribution in [-0.2, 0) is 10.4 Å². The molecule has 1 aliphatic rings. The molecule has 0 N–H and O–H groups in total. The van der Waals surface area contributed by atoms with Crippen molar-refractivity contribution in [1.29, 1.82) is 0 Å². The first-order valence-electron chi connectivity index (χ1n) is 19.0. The van der Waals surface area contributed by atoms with Gasteiger partial charge >= 0.3 is 0 Å². The van der Waals surface area contributed by atoms with Gasteiger partial charge < -0.3 is 0 Å². The molecular weight excluding hydrogens is 649 g/mol. The summed E-state index contributed by atoms with van der Waals surface area (Å²) >= 11 is 0. The molecule has 5 heteroatoms. The van der Waals surface area contributed by atoms with Gasteiger partial charge in [-0.1, -0.05) is 114 Å². The average Bonchev–Trinajstić information content (AvgIpc) is 3.71. The lowest BCUT2D eigenvalue weighted by molar-refractivity contribution is 0.0842. The molecule has 7 aromatic rings. The zero-order valence-electron chi connectivity index (χ0n) is 32.5. The Bertz CT molecular complexity index is 2450. The molecule has 3 heterocycles. The minimum absolute atomic E-state index is 0.210. The van der Waals surface area contributed by atoms with Crippen molar-refractivity contribution in [1.82, 2.24) is 9.55 Å². The van der Waals surface area contributed by atoms with Crippen molar-refractivity contribution in [3.8, 4) is 16.9 Å². The van der Waals surface area contributed by atoms with Crippen molar-refractivity contribution < 1.29 is 4.94 Å². The molecule has 0 fully saturated rings. The molecule has 268 valence electrons. The minimum atomic E-state index is -0.313. The van der Waals surface area contributed by atoms with Crippen molar-refractivity contribution in [2.45, 2.75) is 85.1 Å². The summed E-state index contributed by atoms with van der Waals surface area (Å²) in [7, 11) is 0. The van der Waals surface area contributed by atoms with E-state index < -0.39 is 0 Å². The molecule has 5 nitrogen and oxygen atoms in total. The zero-order valence-corrected chi connectivity index (χ0v) is 32.5. The third-order valence-electron chi connectivity index (χ3n) is 10.9. The molecule has 0 spiro atoms. The number of hydroxylamine groups is 1. The number of fused-ring (bicyclic) bond motifs is 4. The third-order valence-corrected chi connectivity index (χ3v) is 10.9. The van der Waals surface area contributed by atoms with Crippen LogP contribution >= 0.6 is 0 Å². The highest BCUT2D eigenvalue weighted by atomic mass is 16.8. The van der Waals surface area contributed by atoms with Gasteiger partial charge in [0.15, 0.2) is 0 Å². The molecule has 53 heavy (non-hydrogen) atoms. The van der Waals surface area contributed by atoms with E-state index in [1.54, 1.807) is 0 Å². The van der Waals surface area contributed by atoms with E-state index in [4.69, 9.17) is 9.92 Å². The Labute approximate surface area is 314 Å². The zero-order chi connectivity index (χ0) is 37.2. The Balaban J connectivity index is 1.25. The fraction of sp³-hybridized carbons (Fsp3) is 0.271. The number of aromatic nitrogens is 2. The van der Waals surface area contributed by atoms with Gasteiger partial charge in [0.1, 0.15) is 5.82 Å². The van der Waals surface area contributed by atoms with Gasteiger partial charge in [0, 0.05) is 22.4 Å². The normalized spacial score (nSPS) is 13.6. The van der Waals surface area contributed by atoms with Crippen LogP contribution in [0.4, 0.5) is 17.1 Å². The van der Waals surface area contributed by atoms with Gasteiger partial charge in [-0.05, 0) is 115 Å². The van der Waals surface area contributed by atoms with E-state index >= 15 is 0 Å². The monoisotopic (exact) mass is 698 g/mol. The van der Waals surface area contributed by atoms with E-state index in [0.29, 0.717) is 11.8 Å². The van der Waals surface area contributed by atoms with Crippen LogP contribution in [0.5, 0.6) is 0 Å². The van der Waals surface area contributed by atoms with Crippen LogP contribution in [0.2, 0.25) is 0 Å². The van der Waals surface area contributed by atoms with Crippen LogP contribution in [0, 0.1) is 0 Å². The second-order valence-corrected chi connectivity index (χ2v) is 16.6. The van der Waals surface area contributed by atoms with E-state index in [2.05, 4.69) is 188 Å². The highest BCUT2D eigenvalue weighted by Gasteiger charge is 2.36. The Morgan fingerprint density at radius 1 is 0.585 bits per heavy atom. The molecular formula is C48H50N4O. The highest BCUT2D eigenvalue weighted by molar-refractivity contribution is 6.09. The summed E-state index contributed by atoms with van der Waals surface area (Å²) in [5, 5.41) is 6.40. The summed E-state index contributed by atoms with van der Waals surface area (Å²) < 4.78 is 2.35. The summed E-state index contributed by atoms with van der Waals surface area (Å²) in [6, 6.07) is 44.1. The van der Waals surface area contributed by atoms with Gasteiger partial charge in [-0.3, -0.25) is 4.57 Å². The van der Waals surface area contributed by atoms with Gasteiger partial charge in [0.25, 0.3) is 0 Å². The first-order valence-corrected chi connectivity index (χ1v) is 19.0. The molecule has 0 unspecified atom stereocenters. The first-order chi connectivity index (χ1) is 25.3. The number of para-hydroxylation sites is 3. The number of benzene rings is 5. The molecule has 0 bridgehead atoms. The predicted molar refractivity (Wildman–Crippen MR) is 223 cm³/mol.